The van der Waals surface area contributed by atoms with E-state index in [1.54, 1.807) is 6.92 Å². The SMILES string of the molecule is CCCc1ccc(NC(=O)CNC(=O)c2ccc(C)c([N+](=O)[O-])c2)cc1. The average molecular weight is 355 g/mol. The van der Waals surface area contributed by atoms with Gasteiger partial charge in [0.25, 0.3) is 11.6 Å². The molecule has 0 aliphatic heterocycles. The van der Waals surface area contributed by atoms with Gasteiger partial charge in [0.05, 0.1) is 11.5 Å². The van der Waals surface area contributed by atoms with Gasteiger partial charge in [-0.05, 0) is 37.1 Å². The minimum atomic E-state index is -0.541. The largest absolute Gasteiger partial charge is 0.343 e. The van der Waals surface area contributed by atoms with Crippen molar-refractivity contribution in [2.75, 3.05) is 11.9 Å². The van der Waals surface area contributed by atoms with E-state index in [0.29, 0.717) is 11.3 Å². The number of hydrogen-bond acceptors (Lipinski definition) is 4. The molecule has 0 unspecified atom stereocenters. The number of benzene rings is 2. The number of carbonyl (C=O) groups excluding carboxylic acids is 2. The Hall–Kier alpha value is -3.22. The van der Waals surface area contributed by atoms with Gasteiger partial charge in [0.15, 0.2) is 0 Å². The van der Waals surface area contributed by atoms with Crippen molar-refractivity contribution in [3.8, 4) is 0 Å². The molecule has 136 valence electrons. The number of rotatable bonds is 7. The molecule has 0 spiro atoms. The number of nitrogens with zero attached hydrogens (tertiary/aromatic N) is 1. The van der Waals surface area contributed by atoms with Gasteiger partial charge in [-0.1, -0.05) is 31.5 Å². The van der Waals surface area contributed by atoms with E-state index in [1.807, 2.05) is 24.3 Å². The van der Waals surface area contributed by atoms with Gasteiger partial charge in [0.2, 0.25) is 5.91 Å². The van der Waals surface area contributed by atoms with Crippen molar-refractivity contribution in [1.82, 2.24) is 5.32 Å². The first-order valence-corrected chi connectivity index (χ1v) is 8.32. The van der Waals surface area contributed by atoms with Crippen molar-refractivity contribution >= 4 is 23.2 Å². The van der Waals surface area contributed by atoms with Gasteiger partial charge in [-0.25, -0.2) is 0 Å². The van der Waals surface area contributed by atoms with Crippen LogP contribution in [0, 0.1) is 17.0 Å². The fourth-order valence-corrected chi connectivity index (χ4v) is 2.46. The molecule has 2 aromatic carbocycles. The molecular formula is C19H21N3O4. The van der Waals surface area contributed by atoms with Crippen molar-refractivity contribution in [1.29, 1.82) is 0 Å². The molecule has 7 nitrogen and oxygen atoms in total. The Bertz CT molecular complexity index is 816. The van der Waals surface area contributed by atoms with Crippen LogP contribution in [0.1, 0.15) is 34.8 Å². The molecule has 0 aromatic heterocycles. The fourth-order valence-electron chi connectivity index (χ4n) is 2.46. The number of anilines is 1. The van der Waals surface area contributed by atoms with E-state index in [-0.39, 0.29) is 23.7 Å². The summed E-state index contributed by atoms with van der Waals surface area (Å²) in [6.45, 7) is 3.47. The number of hydrogen-bond donors (Lipinski definition) is 2. The number of nitro groups is 1. The zero-order valence-corrected chi connectivity index (χ0v) is 14.7. The molecule has 7 heteroatoms. The van der Waals surface area contributed by atoms with Crippen LogP contribution < -0.4 is 10.6 Å². The maximum atomic E-state index is 12.1. The summed E-state index contributed by atoms with van der Waals surface area (Å²) < 4.78 is 0. The number of nitro benzene ring substituents is 1. The lowest BCUT2D eigenvalue weighted by molar-refractivity contribution is -0.385. The van der Waals surface area contributed by atoms with Gasteiger partial charge in [-0.3, -0.25) is 19.7 Å². The predicted octanol–water partition coefficient (Wildman–Crippen LogP) is 3.22. The zero-order chi connectivity index (χ0) is 19.1. The number of aryl methyl sites for hydroxylation is 2. The van der Waals surface area contributed by atoms with E-state index in [2.05, 4.69) is 17.6 Å². The first kappa shape index (κ1) is 19.1. The molecule has 0 heterocycles. The normalized spacial score (nSPS) is 10.2. The number of amides is 2. The molecular weight excluding hydrogens is 334 g/mol. The first-order valence-electron chi connectivity index (χ1n) is 8.32. The van der Waals surface area contributed by atoms with Crippen molar-refractivity contribution < 1.29 is 14.5 Å². The highest BCUT2D eigenvalue weighted by Gasteiger charge is 2.15. The summed E-state index contributed by atoms with van der Waals surface area (Å²) in [6, 6.07) is 11.7. The molecule has 2 N–H and O–H groups in total. The van der Waals surface area contributed by atoms with Gasteiger partial charge in [0.1, 0.15) is 0 Å². The van der Waals surface area contributed by atoms with Crippen molar-refractivity contribution in [3.63, 3.8) is 0 Å². The highest BCUT2D eigenvalue weighted by Crippen LogP contribution is 2.19. The summed E-state index contributed by atoms with van der Waals surface area (Å²) in [4.78, 5) is 34.4. The number of nitrogens with one attached hydrogen (secondary N) is 2. The minimum absolute atomic E-state index is 0.130. The Labute approximate surface area is 151 Å². The highest BCUT2D eigenvalue weighted by molar-refractivity contribution is 5.99. The van der Waals surface area contributed by atoms with Gasteiger partial charge in [-0.2, -0.15) is 0 Å². The zero-order valence-electron chi connectivity index (χ0n) is 14.7. The van der Waals surface area contributed by atoms with Gasteiger partial charge in [0, 0.05) is 22.9 Å². The summed E-state index contributed by atoms with van der Waals surface area (Å²) in [5.41, 5.74) is 2.32. The van der Waals surface area contributed by atoms with E-state index < -0.39 is 10.8 Å². The Morgan fingerprint density at radius 2 is 1.81 bits per heavy atom. The van der Waals surface area contributed by atoms with E-state index in [9.17, 15) is 19.7 Å². The van der Waals surface area contributed by atoms with Crippen LogP contribution in [0.3, 0.4) is 0 Å². The monoisotopic (exact) mass is 355 g/mol. The van der Waals surface area contributed by atoms with Crippen LogP contribution in [0.5, 0.6) is 0 Å². The third-order valence-electron chi connectivity index (χ3n) is 3.85. The lowest BCUT2D eigenvalue weighted by Gasteiger charge is -2.08. The maximum Gasteiger partial charge on any atom is 0.273 e. The van der Waals surface area contributed by atoms with Crippen LogP contribution in [-0.2, 0) is 11.2 Å². The summed E-state index contributed by atoms with van der Waals surface area (Å²) >= 11 is 0. The van der Waals surface area contributed by atoms with Crippen LogP contribution in [0.15, 0.2) is 42.5 Å². The third-order valence-corrected chi connectivity index (χ3v) is 3.85. The number of carbonyl (C=O) groups is 2. The van der Waals surface area contributed by atoms with E-state index in [4.69, 9.17) is 0 Å². The Morgan fingerprint density at radius 1 is 1.12 bits per heavy atom. The van der Waals surface area contributed by atoms with Gasteiger partial charge in [-0.15, -0.1) is 0 Å². The smallest absolute Gasteiger partial charge is 0.273 e. The topological polar surface area (TPSA) is 101 Å². The molecule has 2 aromatic rings. The summed E-state index contributed by atoms with van der Waals surface area (Å²) in [5.74, 6) is -0.912. The van der Waals surface area contributed by atoms with Crippen molar-refractivity contribution in [2.24, 2.45) is 0 Å². The van der Waals surface area contributed by atoms with Gasteiger partial charge < -0.3 is 10.6 Å². The Kier molecular flexibility index (Phi) is 6.43. The molecule has 2 amide bonds. The molecule has 0 saturated heterocycles. The second-order valence-corrected chi connectivity index (χ2v) is 5.94. The molecule has 0 atom stereocenters. The predicted molar refractivity (Wildman–Crippen MR) is 99.2 cm³/mol. The summed E-state index contributed by atoms with van der Waals surface area (Å²) in [6.07, 6.45) is 2.03. The quantitative estimate of drug-likeness (QED) is 0.588. The molecule has 26 heavy (non-hydrogen) atoms. The van der Waals surface area contributed by atoms with Crippen LogP contribution in [0.4, 0.5) is 11.4 Å². The Balaban J connectivity index is 1.91. The second kappa shape index (κ2) is 8.75. The highest BCUT2D eigenvalue weighted by atomic mass is 16.6. The standard InChI is InChI=1S/C19H21N3O4/c1-3-4-14-6-9-16(10-7-14)21-18(23)12-20-19(24)15-8-5-13(2)17(11-15)22(25)26/h5-11H,3-4,12H2,1-2H3,(H,20,24)(H,21,23). The lowest BCUT2D eigenvalue weighted by atomic mass is 10.1. The Morgan fingerprint density at radius 3 is 2.42 bits per heavy atom. The molecule has 0 radical (unpaired) electrons. The van der Waals surface area contributed by atoms with Crippen LogP contribution in [0.25, 0.3) is 0 Å². The minimum Gasteiger partial charge on any atom is -0.343 e. The fraction of sp³-hybridized carbons (Fsp3) is 0.263. The third kappa shape index (κ3) is 5.14. The van der Waals surface area contributed by atoms with E-state index in [0.717, 1.165) is 12.8 Å². The first-order chi connectivity index (χ1) is 12.4. The van der Waals surface area contributed by atoms with E-state index >= 15 is 0 Å². The molecule has 0 bridgehead atoms. The van der Waals surface area contributed by atoms with Crippen LogP contribution in [0.2, 0.25) is 0 Å². The van der Waals surface area contributed by atoms with Gasteiger partial charge >= 0.3 is 0 Å². The molecule has 0 aliphatic carbocycles. The lowest BCUT2D eigenvalue weighted by Crippen LogP contribution is -2.32. The average Bonchev–Trinajstić information content (AvgIpc) is 2.61. The maximum absolute atomic E-state index is 12.1. The molecule has 2 rings (SSSR count). The van der Waals surface area contributed by atoms with E-state index in [1.165, 1.54) is 23.8 Å². The summed E-state index contributed by atoms with van der Waals surface area (Å²) in [5, 5.41) is 16.1. The molecule has 0 saturated carbocycles. The van der Waals surface area contributed by atoms with Crippen molar-refractivity contribution in [3.05, 3.63) is 69.3 Å². The van der Waals surface area contributed by atoms with Crippen molar-refractivity contribution in [2.45, 2.75) is 26.7 Å². The van der Waals surface area contributed by atoms with Crippen LogP contribution >= 0.6 is 0 Å². The second-order valence-electron chi connectivity index (χ2n) is 5.94. The molecule has 0 fully saturated rings. The molecule has 0 aliphatic rings. The van der Waals surface area contributed by atoms with Crippen LogP contribution in [-0.4, -0.2) is 23.3 Å². The summed E-state index contributed by atoms with van der Waals surface area (Å²) in [7, 11) is 0.